The maximum absolute atomic E-state index is 9.13. The predicted molar refractivity (Wildman–Crippen MR) is 73.0 cm³/mol. The summed E-state index contributed by atoms with van der Waals surface area (Å²) >= 11 is 0. The van der Waals surface area contributed by atoms with Crippen LogP contribution in [0.1, 0.15) is 18.4 Å². The van der Waals surface area contributed by atoms with Crippen molar-refractivity contribution in [3.63, 3.8) is 0 Å². The zero-order chi connectivity index (χ0) is 13.1. The molecule has 0 atom stereocenters. The summed E-state index contributed by atoms with van der Waals surface area (Å²) in [7, 11) is 0. The number of nitrogens with one attached hydrogen (secondary N) is 1. The molecular weight excluding hydrogens is 238 g/mol. The first-order valence-corrected chi connectivity index (χ1v) is 6.53. The summed E-state index contributed by atoms with van der Waals surface area (Å²) in [6.07, 6.45) is 3.91. The quantitative estimate of drug-likeness (QED) is 0.891. The Morgan fingerprint density at radius 3 is 2.84 bits per heavy atom. The van der Waals surface area contributed by atoms with Gasteiger partial charge in [-0.3, -0.25) is 0 Å². The van der Waals surface area contributed by atoms with Crippen molar-refractivity contribution in [2.75, 3.05) is 13.1 Å². The molecule has 0 aliphatic carbocycles. The number of ether oxygens (including phenoxy) is 1. The van der Waals surface area contributed by atoms with E-state index in [4.69, 9.17) is 10.00 Å². The van der Waals surface area contributed by atoms with Gasteiger partial charge in [0.2, 0.25) is 5.88 Å². The Morgan fingerprint density at radius 1 is 1.21 bits per heavy atom. The van der Waals surface area contributed by atoms with Crippen LogP contribution in [0.15, 0.2) is 30.5 Å². The van der Waals surface area contributed by atoms with Crippen molar-refractivity contribution in [2.45, 2.75) is 18.9 Å². The summed E-state index contributed by atoms with van der Waals surface area (Å²) in [6.45, 7) is 1.97. The van der Waals surface area contributed by atoms with E-state index in [1.165, 1.54) is 0 Å². The molecule has 1 aromatic heterocycles. The van der Waals surface area contributed by atoms with Crippen molar-refractivity contribution in [3.8, 4) is 11.9 Å². The van der Waals surface area contributed by atoms with E-state index in [-0.39, 0.29) is 6.10 Å². The summed E-state index contributed by atoms with van der Waals surface area (Å²) in [6, 6.07) is 9.72. The molecule has 1 aliphatic heterocycles. The van der Waals surface area contributed by atoms with E-state index < -0.39 is 0 Å². The van der Waals surface area contributed by atoms with Gasteiger partial charge in [0.05, 0.1) is 11.6 Å². The molecule has 1 aliphatic rings. The smallest absolute Gasteiger partial charge is 0.221 e. The van der Waals surface area contributed by atoms with Crippen LogP contribution in [0.25, 0.3) is 10.8 Å². The summed E-state index contributed by atoms with van der Waals surface area (Å²) in [4.78, 5) is 4.32. The minimum Gasteiger partial charge on any atom is -0.474 e. The average molecular weight is 253 g/mol. The summed E-state index contributed by atoms with van der Waals surface area (Å²) < 4.78 is 6.01. The van der Waals surface area contributed by atoms with Crippen LogP contribution >= 0.6 is 0 Å². The molecule has 1 N–H and O–H groups in total. The molecule has 0 bridgehead atoms. The predicted octanol–water partition coefficient (Wildman–Crippen LogP) is 2.24. The molecule has 2 heterocycles. The normalized spacial score (nSPS) is 16.2. The van der Waals surface area contributed by atoms with Crippen LogP contribution in [0.2, 0.25) is 0 Å². The molecule has 2 aromatic rings. The van der Waals surface area contributed by atoms with E-state index in [9.17, 15) is 0 Å². The van der Waals surface area contributed by atoms with E-state index >= 15 is 0 Å². The number of rotatable bonds is 2. The third-order valence-electron chi connectivity index (χ3n) is 3.45. The molecule has 0 amide bonds. The molecule has 1 fully saturated rings. The second kappa shape index (κ2) is 5.25. The fourth-order valence-corrected chi connectivity index (χ4v) is 2.44. The largest absolute Gasteiger partial charge is 0.474 e. The van der Waals surface area contributed by atoms with Gasteiger partial charge in [0, 0.05) is 17.0 Å². The first kappa shape index (κ1) is 11.9. The fraction of sp³-hybridized carbons (Fsp3) is 0.333. The Kier molecular flexibility index (Phi) is 3.30. The monoisotopic (exact) mass is 253 g/mol. The molecule has 19 heavy (non-hydrogen) atoms. The van der Waals surface area contributed by atoms with Crippen LogP contribution < -0.4 is 10.1 Å². The number of piperidine rings is 1. The van der Waals surface area contributed by atoms with Crippen molar-refractivity contribution in [3.05, 3.63) is 36.0 Å². The van der Waals surface area contributed by atoms with Crippen LogP contribution in [-0.4, -0.2) is 24.2 Å². The number of nitrogens with zero attached hydrogens (tertiary/aromatic N) is 2. The highest BCUT2D eigenvalue weighted by atomic mass is 16.5. The van der Waals surface area contributed by atoms with E-state index in [0.29, 0.717) is 11.4 Å². The Hall–Kier alpha value is -2.12. The van der Waals surface area contributed by atoms with Gasteiger partial charge in [-0.1, -0.05) is 6.07 Å². The lowest BCUT2D eigenvalue weighted by Gasteiger charge is -2.23. The van der Waals surface area contributed by atoms with Crippen LogP contribution in [-0.2, 0) is 0 Å². The molecule has 0 radical (unpaired) electrons. The van der Waals surface area contributed by atoms with Crippen molar-refractivity contribution in [2.24, 2.45) is 0 Å². The van der Waals surface area contributed by atoms with Gasteiger partial charge in [-0.25, -0.2) is 4.98 Å². The number of pyridine rings is 1. The summed E-state index contributed by atoms with van der Waals surface area (Å²) in [5.41, 5.74) is 0.662. The van der Waals surface area contributed by atoms with Crippen LogP contribution in [0.3, 0.4) is 0 Å². The van der Waals surface area contributed by atoms with Crippen LogP contribution in [0.4, 0.5) is 0 Å². The van der Waals surface area contributed by atoms with Crippen LogP contribution in [0, 0.1) is 11.3 Å². The Bertz CT molecular complexity index is 627. The molecule has 1 saturated heterocycles. The number of aromatic nitrogens is 1. The Labute approximate surface area is 112 Å². The zero-order valence-corrected chi connectivity index (χ0v) is 10.6. The molecular formula is C15H15N3O. The maximum Gasteiger partial charge on any atom is 0.221 e. The zero-order valence-electron chi connectivity index (χ0n) is 10.6. The number of hydrogen-bond acceptors (Lipinski definition) is 4. The maximum atomic E-state index is 9.13. The van der Waals surface area contributed by atoms with Gasteiger partial charge in [-0.15, -0.1) is 0 Å². The average Bonchev–Trinajstić information content (AvgIpc) is 2.48. The first-order chi connectivity index (χ1) is 9.38. The molecule has 96 valence electrons. The number of hydrogen-bond donors (Lipinski definition) is 1. The Morgan fingerprint density at radius 2 is 2.05 bits per heavy atom. The third kappa shape index (κ3) is 2.38. The SMILES string of the molecule is N#Cc1cccc2c(OC3CCNCC3)nccc12. The number of benzene rings is 1. The molecule has 0 saturated carbocycles. The lowest BCUT2D eigenvalue weighted by atomic mass is 10.1. The molecule has 1 aromatic carbocycles. The lowest BCUT2D eigenvalue weighted by Crippen LogP contribution is -2.34. The summed E-state index contributed by atoms with van der Waals surface area (Å²) in [5, 5.41) is 14.3. The van der Waals surface area contributed by atoms with E-state index in [0.717, 1.165) is 36.7 Å². The van der Waals surface area contributed by atoms with Gasteiger partial charge < -0.3 is 10.1 Å². The second-order valence-corrected chi connectivity index (χ2v) is 4.70. The summed E-state index contributed by atoms with van der Waals surface area (Å²) in [5.74, 6) is 0.640. The number of fused-ring (bicyclic) bond motifs is 1. The molecule has 3 rings (SSSR count). The van der Waals surface area contributed by atoms with Crippen molar-refractivity contribution < 1.29 is 4.74 Å². The number of nitriles is 1. The van der Waals surface area contributed by atoms with Gasteiger partial charge in [-0.05, 0) is 44.1 Å². The highest BCUT2D eigenvalue weighted by molar-refractivity contribution is 5.91. The van der Waals surface area contributed by atoms with Gasteiger partial charge in [0.1, 0.15) is 6.10 Å². The molecule has 4 heteroatoms. The minimum absolute atomic E-state index is 0.213. The standard InChI is InChI=1S/C15H15N3O/c16-10-11-2-1-3-14-13(11)6-9-18-15(14)19-12-4-7-17-8-5-12/h1-3,6,9,12,17H,4-5,7-8H2. The van der Waals surface area contributed by atoms with Crippen molar-refractivity contribution in [1.29, 1.82) is 5.26 Å². The van der Waals surface area contributed by atoms with E-state index in [2.05, 4.69) is 16.4 Å². The molecule has 0 unspecified atom stereocenters. The van der Waals surface area contributed by atoms with Crippen LogP contribution in [0.5, 0.6) is 5.88 Å². The molecule has 4 nitrogen and oxygen atoms in total. The van der Waals surface area contributed by atoms with Crippen molar-refractivity contribution in [1.82, 2.24) is 10.3 Å². The Balaban J connectivity index is 1.97. The lowest BCUT2D eigenvalue weighted by molar-refractivity contribution is 0.158. The van der Waals surface area contributed by atoms with Gasteiger partial charge >= 0.3 is 0 Å². The third-order valence-corrected chi connectivity index (χ3v) is 3.45. The van der Waals surface area contributed by atoms with E-state index in [1.807, 2.05) is 24.3 Å². The first-order valence-electron chi connectivity index (χ1n) is 6.53. The fourth-order valence-electron chi connectivity index (χ4n) is 2.44. The topological polar surface area (TPSA) is 57.9 Å². The van der Waals surface area contributed by atoms with E-state index in [1.54, 1.807) is 6.20 Å². The van der Waals surface area contributed by atoms with Gasteiger partial charge in [-0.2, -0.15) is 5.26 Å². The van der Waals surface area contributed by atoms with Gasteiger partial charge in [0.15, 0.2) is 0 Å². The highest BCUT2D eigenvalue weighted by Gasteiger charge is 2.16. The highest BCUT2D eigenvalue weighted by Crippen LogP contribution is 2.27. The van der Waals surface area contributed by atoms with Crippen molar-refractivity contribution >= 4 is 10.8 Å². The molecule has 0 spiro atoms. The second-order valence-electron chi connectivity index (χ2n) is 4.70. The van der Waals surface area contributed by atoms with Gasteiger partial charge in [0.25, 0.3) is 0 Å². The minimum atomic E-state index is 0.213.